The fourth-order valence-corrected chi connectivity index (χ4v) is 3.12. The van der Waals surface area contributed by atoms with Gasteiger partial charge in [0.25, 0.3) is 0 Å². The van der Waals surface area contributed by atoms with E-state index in [-0.39, 0.29) is 37.1 Å². The fourth-order valence-electron chi connectivity index (χ4n) is 2.96. The molecule has 0 unspecified atom stereocenters. The van der Waals surface area contributed by atoms with Gasteiger partial charge in [-0.25, -0.2) is 4.39 Å². The van der Waals surface area contributed by atoms with Crippen LogP contribution in [0.15, 0.2) is 42.5 Å². The minimum Gasteiger partial charge on any atom is -0.495 e. The standard InChI is InChI=1S/C19H18ClFN2O3/c1-26-17-7-6-14(20)9-16(17)23-11-13(8-18(23)24)19(25)22-10-12-4-2-3-5-15(12)21/h2-7,9,13H,8,10-11H2,1H3,(H,22,25)/t13-/m0/s1. The Morgan fingerprint density at radius 2 is 2.12 bits per heavy atom. The van der Waals surface area contributed by atoms with Crippen LogP contribution in [-0.4, -0.2) is 25.5 Å². The van der Waals surface area contributed by atoms with E-state index in [1.165, 1.54) is 18.1 Å². The zero-order chi connectivity index (χ0) is 18.7. The van der Waals surface area contributed by atoms with Gasteiger partial charge in [0.2, 0.25) is 11.8 Å². The Kier molecular flexibility index (Phi) is 5.42. The van der Waals surface area contributed by atoms with Crippen LogP contribution in [0.5, 0.6) is 5.75 Å². The molecule has 0 spiro atoms. The minimum absolute atomic E-state index is 0.0800. The molecule has 2 aromatic carbocycles. The molecule has 1 heterocycles. The van der Waals surface area contributed by atoms with Gasteiger partial charge in [0.1, 0.15) is 11.6 Å². The van der Waals surface area contributed by atoms with Gasteiger partial charge in [-0.15, -0.1) is 0 Å². The third-order valence-electron chi connectivity index (χ3n) is 4.34. The van der Waals surface area contributed by atoms with E-state index in [1.807, 2.05) is 0 Å². The van der Waals surface area contributed by atoms with Crippen molar-refractivity contribution in [3.8, 4) is 5.75 Å². The van der Waals surface area contributed by atoms with Crippen LogP contribution in [-0.2, 0) is 16.1 Å². The van der Waals surface area contributed by atoms with Crippen LogP contribution in [0.4, 0.5) is 10.1 Å². The largest absolute Gasteiger partial charge is 0.495 e. The molecular weight excluding hydrogens is 359 g/mol. The van der Waals surface area contributed by atoms with E-state index < -0.39 is 5.92 Å². The second-order valence-electron chi connectivity index (χ2n) is 6.03. The van der Waals surface area contributed by atoms with E-state index in [0.29, 0.717) is 22.0 Å². The fraction of sp³-hybridized carbons (Fsp3) is 0.263. The second-order valence-corrected chi connectivity index (χ2v) is 6.47. The van der Waals surface area contributed by atoms with Gasteiger partial charge in [-0.3, -0.25) is 9.59 Å². The van der Waals surface area contributed by atoms with Crippen LogP contribution in [0.2, 0.25) is 5.02 Å². The number of anilines is 1. The highest BCUT2D eigenvalue weighted by Crippen LogP contribution is 2.35. The van der Waals surface area contributed by atoms with Crippen LogP contribution in [0.1, 0.15) is 12.0 Å². The number of rotatable bonds is 5. The lowest BCUT2D eigenvalue weighted by Crippen LogP contribution is -2.32. The van der Waals surface area contributed by atoms with Crippen molar-refractivity contribution in [3.63, 3.8) is 0 Å². The van der Waals surface area contributed by atoms with Crippen LogP contribution < -0.4 is 15.0 Å². The molecular formula is C19H18ClFN2O3. The summed E-state index contributed by atoms with van der Waals surface area (Å²) in [5.74, 6) is -0.851. The first-order chi connectivity index (χ1) is 12.5. The number of halogens is 2. The Bertz CT molecular complexity index is 843. The molecule has 7 heteroatoms. The molecule has 0 aliphatic carbocycles. The molecule has 1 aliphatic heterocycles. The van der Waals surface area contributed by atoms with E-state index in [0.717, 1.165) is 0 Å². The molecule has 136 valence electrons. The molecule has 0 radical (unpaired) electrons. The molecule has 2 amide bonds. The predicted molar refractivity (Wildman–Crippen MR) is 96.7 cm³/mol. The monoisotopic (exact) mass is 376 g/mol. The van der Waals surface area contributed by atoms with E-state index in [9.17, 15) is 14.0 Å². The summed E-state index contributed by atoms with van der Waals surface area (Å²) in [6, 6.07) is 11.2. The van der Waals surface area contributed by atoms with Gasteiger partial charge < -0.3 is 15.0 Å². The molecule has 1 atom stereocenters. The van der Waals surface area contributed by atoms with Crippen molar-refractivity contribution < 1.29 is 18.7 Å². The summed E-state index contributed by atoms with van der Waals surface area (Å²) in [6.07, 6.45) is 0.0821. The van der Waals surface area contributed by atoms with Crippen LogP contribution in [0.25, 0.3) is 0 Å². The molecule has 1 aliphatic rings. The molecule has 1 fully saturated rings. The number of benzene rings is 2. The molecule has 1 N–H and O–H groups in total. The number of methoxy groups -OCH3 is 1. The molecule has 3 rings (SSSR count). The lowest BCUT2D eigenvalue weighted by molar-refractivity contribution is -0.126. The summed E-state index contributed by atoms with van der Waals surface area (Å²) in [7, 11) is 1.51. The highest BCUT2D eigenvalue weighted by molar-refractivity contribution is 6.31. The van der Waals surface area contributed by atoms with Gasteiger partial charge >= 0.3 is 0 Å². The Hall–Kier alpha value is -2.60. The third kappa shape index (κ3) is 3.80. The Morgan fingerprint density at radius 1 is 1.35 bits per heavy atom. The Morgan fingerprint density at radius 3 is 2.85 bits per heavy atom. The molecule has 0 aromatic heterocycles. The summed E-state index contributed by atoms with van der Waals surface area (Å²) in [6.45, 7) is 0.301. The first kappa shape index (κ1) is 18.2. The number of hydrogen-bond acceptors (Lipinski definition) is 3. The Labute approximate surface area is 155 Å². The normalized spacial score (nSPS) is 16.7. The lowest BCUT2D eigenvalue weighted by atomic mass is 10.1. The highest BCUT2D eigenvalue weighted by atomic mass is 35.5. The number of carbonyl (C=O) groups excluding carboxylic acids is 2. The topological polar surface area (TPSA) is 58.6 Å². The first-order valence-electron chi connectivity index (χ1n) is 8.14. The zero-order valence-electron chi connectivity index (χ0n) is 14.2. The van der Waals surface area contributed by atoms with Crippen molar-refractivity contribution in [3.05, 3.63) is 58.9 Å². The van der Waals surface area contributed by atoms with Crippen molar-refractivity contribution >= 4 is 29.1 Å². The number of nitrogens with one attached hydrogen (secondary N) is 1. The van der Waals surface area contributed by atoms with Gasteiger partial charge in [-0.1, -0.05) is 29.8 Å². The maximum Gasteiger partial charge on any atom is 0.227 e. The summed E-state index contributed by atoms with van der Waals surface area (Å²) in [4.78, 5) is 26.3. The second kappa shape index (κ2) is 7.74. The van der Waals surface area contributed by atoms with Gasteiger partial charge in [-0.05, 0) is 24.3 Å². The summed E-state index contributed by atoms with van der Waals surface area (Å²) < 4.78 is 18.9. The number of ether oxygens (including phenoxy) is 1. The van der Waals surface area contributed by atoms with Crippen molar-refractivity contribution in [1.29, 1.82) is 0 Å². The highest BCUT2D eigenvalue weighted by Gasteiger charge is 2.36. The average Bonchev–Trinajstić information content (AvgIpc) is 3.02. The number of nitrogens with zero attached hydrogens (tertiary/aromatic N) is 1. The molecule has 0 saturated carbocycles. The SMILES string of the molecule is COc1ccc(Cl)cc1N1C[C@@H](C(=O)NCc2ccccc2F)CC1=O. The smallest absolute Gasteiger partial charge is 0.227 e. The Balaban J connectivity index is 1.69. The summed E-state index contributed by atoms with van der Waals surface area (Å²) >= 11 is 6.02. The van der Waals surface area contributed by atoms with Crippen molar-refractivity contribution in [2.75, 3.05) is 18.6 Å². The number of amides is 2. The summed E-state index contributed by atoms with van der Waals surface area (Å²) in [5.41, 5.74) is 0.938. The lowest BCUT2D eigenvalue weighted by Gasteiger charge is -2.20. The maximum absolute atomic E-state index is 13.6. The van der Waals surface area contributed by atoms with E-state index in [2.05, 4.69) is 5.32 Å². The van der Waals surface area contributed by atoms with Crippen molar-refractivity contribution in [1.82, 2.24) is 5.32 Å². The van der Waals surface area contributed by atoms with Crippen LogP contribution in [0, 0.1) is 11.7 Å². The third-order valence-corrected chi connectivity index (χ3v) is 4.57. The molecule has 0 bridgehead atoms. The quantitative estimate of drug-likeness (QED) is 0.872. The van der Waals surface area contributed by atoms with E-state index in [4.69, 9.17) is 16.3 Å². The van der Waals surface area contributed by atoms with Crippen molar-refractivity contribution in [2.24, 2.45) is 5.92 Å². The van der Waals surface area contributed by atoms with Gasteiger partial charge in [-0.2, -0.15) is 0 Å². The molecule has 5 nitrogen and oxygen atoms in total. The van der Waals surface area contributed by atoms with E-state index >= 15 is 0 Å². The summed E-state index contributed by atoms with van der Waals surface area (Å²) in [5, 5.41) is 3.17. The average molecular weight is 377 g/mol. The van der Waals surface area contributed by atoms with Crippen LogP contribution >= 0.6 is 11.6 Å². The minimum atomic E-state index is -0.516. The van der Waals surface area contributed by atoms with E-state index in [1.54, 1.807) is 36.4 Å². The number of carbonyl (C=O) groups is 2. The van der Waals surface area contributed by atoms with Gasteiger partial charge in [0.05, 0.1) is 18.7 Å². The molecule has 26 heavy (non-hydrogen) atoms. The van der Waals surface area contributed by atoms with Gasteiger partial charge in [0.15, 0.2) is 0 Å². The zero-order valence-corrected chi connectivity index (χ0v) is 14.9. The van der Waals surface area contributed by atoms with Gasteiger partial charge in [0, 0.05) is 30.1 Å². The van der Waals surface area contributed by atoms with Crippen molar-refractivity contribution in [2.45, 2.75) is 13.0 Å². The maximum atomic E-state index is 13.6. The van der Waals surface area contributed by atoms with Crippen LogP contribution in [0.3, 0.4) is 0 Å². The molecule has 1 saturated heterocycles. The predicted octanol–water partition coefficient (Wildman–Crippen LogP) is 3.16. The first-order valence-corrected chi connectivity index (χ1v) is 8.52. The number of hydrogen-bond donors (Lipinski definition) is 1. The molecule has 2 aromatic rings.